The minimum atomic E-state index is -1.10. The van der Waals surface area contributed by atoms with Gasteiger partial charge in [0.25, 0.3) is 5.91 Å². The lowest BCUT2D eigenvalue weighted by molar-refractivity contribution is -0.102. The maximum atomic E-state index is 13.7. The lowest BCUT2D eigenvalue weighted by Crippen LogP contribution is -2.49. The topological polar surface area (TPSA) is 97.8 Å². The zero-order valence-corrected chi connectivity index (χ0v) is 26.4. The van der Waals surface area contributed by atoms with Crippen LogP contribution >= 0.6 is 0 Å². The molecule has 3 amide bonds. The van der Waals surface area contributed by atoms with Crippen LogP contribution in [-0.2, 0) is 15.1 Å². The number of nitrogens with zero attached hydrogens (tertiary/aromatic N) is 2. The fourth-order valence-electron chi connectivity index (χ4n) is 6.17. The molecule has 0 aliphatic carbocycles. The number of aliphatic hydroxyl groups is 1. The first-order valence-corrected chi connectivity index (χ1v) is 15.6. The van der Waals surface area contributed by atoms with Gasteiger partial charge in [0.2, 0.25) is 0 Å². The second-order valence-corrected chi connectivity index (χ2v) is 11.4. The van der Waals surface area contributed by atoms with E-state index in [1.807, 2.05) is 91.0 Å². The number of urea groups is 1. The molecule has 2 aliphatic heterocycles. The molecule has 9 heteroatoms. The number of aliphatic hydroxyl groups excluding tert-OH is 1. The smallest absolute Gasteiger partial charge is 0.329 e. The van der Waals surface area contributed by atoms with Crippen LogP contribution in [0.25, 0.3) is 0 Å². The van der Waals surface area contributed by atoms with Gasteiger partial charge in [-0.2, -0.15) is 0 Å². The van der Waals surface area contributed by atoms with E-state index in [-0.39, 0.29) is 26.1 Å². The average molecular weight is 635 g/mol. The number of hydrogen-bond donors (Lipinski definition) is 1. The third-order valence-corrected chi connectivity index (χ3v) is 8.69. The van der Waals surface area contributed by atoms with Gasteiger partial charge in [-0.15, -0.1) is 0 Å². The monoisotopic (exact) mass is 634 g/mol. The van der Waals surface area contributed by atoms with E-state index in [0.29, 0.717) is 17.1 Å². The van der Waals surface area contributed by atoms with Crippen LogP contribution in [0.5, 0.6) is 11.5 Å². The van der Waals surface area contributed by atoms with Gasteiger partial charge in [-0.05, 0) is 53.1 Å². The molecule has 242 valence electrons. The van der Waals surface area contributed by atoms with Crippen LogP contribution in [0.2, 0.25) is 0 Å². The lowest BCUT2D eigenvalue weighted by atomic mass is 9.80. The Labute approximate surface area is 274 Å². The third kappa shape index (κ3) is 6.51. The molecule has 1 fully saturated rings. The molecule has 3 atom stereocenters. The highest BCUT2D eigenvalue weighted by molar-refractivity contribution is 6.04. The SMILES string of the molecule is COc1ccc(C(OC[C@H]2O[C@@H](N3CC=CCN(C(=O)c4ccccc4)C3=O)C[C@@H]2O)(c2ccccc2)c2ccc(OC)cc2)cc1. The summed E-state index contributed by atoms with van der Waals surface area (Å²) in [5, 5.41) is 11.3. The number of carbonyl (C=O) groups excluding carboxylic acids is 2. The van der Waals surface area contributed by atoms with E-state index >= 15 is 0 Å². The molecule has 4 aromatic rings. The van der Waals surface area contributed by atoms with Gasteiger partial charge >= 0.3 is 6.03 Å². The van der Waals surface area contributed by atoms with Crippen LogP contribution in [0.3, 0.4) is 0 Å². The van der Waals surface area contributed by atoms with Crippen LogP contribution in [0, 0.1) is 0 Å². The molecule has 0 unspecified atom stereocenters. The fraction of sp³-hybridized carbons (Fsp3) is 0.263. The van der Waals surface area contributed by atoms with Crippen molar-refractivity contribution in [2.75, 3.05) is 33.9 Å². The second kappa shape index (κ2) is 14.2. The summed E-state index contributed by atoms with van der Waals surface area (Å²) in [4.78, 5) is 29.7. The summed E-state index contributed by atoms with van der Waals surface area (Å²) in [6.07, 6.45) is 1.38. The molecule has 2 aliphatic rings. The predicted octanol–water partition coefficient (Wildman–Crippen LogP) is 5.62. The highest BCUT2D eigenvalue weighted by Crippen LogP contribution is 2.42. The van der Waals surface area contributed by atoms with E-state index in [1.165, 1.54) is 9.80 Å². The predicted molar refractivity (Wildman–Crippen MR) is 176 cm³/mol. The Kier molecular flexibility index (Phi) is 9.68. The molecule has 0 radical (unpaired) electrons. The van der Waals surface area contributed by atoms with Crippen molar-refractivity contribution < 1.29 is 33.6 Å². The molecule has 0 aromatic heterocycles. The molecule has 1 N–H and O–H groups in total. The summed E-state index contributed by atoms with van der Waals surface area (Å²) in [7, 11) is 3.24. The van der Waals surface area contributed by atoms with E-state index in [0.717, 1.165) is 16.7 Å². The number of benzene rings is 4. The molecule has 4 aromatic carbocycles. The van der Waals surface area contributed by atoms with Crippen molar-refractivity contribution in [2.24, 2.45) is 0 Å². The van der Waals surface area contributed by atoms with Crippen molar-refractivity contribution in [2.45, 2.75) is 30.5 Å². The minimum absolute atomic E-state index is 0.00908. The van der Waals surface area contributed by atoms with Crippen molar-refractivity contribution in [1.82, 2.24) is 9.80 Å². The molecule has 0 spiro atoms. The van der Waals surface area contributed by atoms with E-state index in [2.05, 4.69) is 0 Å². The van der Waals surface area contributed by atoms with Gasteiger partial charge in [-0.1, -0.05) is 84.9 Å². The molecule has 2 heterocycles. The quantitative estimate of drug-likeness (QED) is 0.179. The Balaban J connectivity index is 1.29. The van der Waals surface area contributed by atoms with Crippen LogP contribution in [-0.4, -0.2) is 79.2 Å². The number of carbonyl (C=O) groups is 2. The first-order valence-electron chi connectivity index (χ1n) is 15.6. The zero-order valence-electron chi connectivity index (χ0n) is 26.4. The Morgan fingerprint density at radius 3 is 1.89 bits per heavy atom. The molecule has 0 bridgehead atoms. The van der Waals surface area contributed by atoms with Crippen LogP contribution in [0.4, 0.5) is 4.79 Å². The number of hydrogen-bond acceptors (Lipinski definition) is 7. The number of methoxy groups -OCH3 is 2. The Hall–Kier alpha value is -4.96. The number of ether oxygens (including phenoxy) is 4. The standard InChI is InChI=1S/C38H38N2O7/c1-44-31-19-15-29(16-20-31)38(28-13-7-4-8-14-28,30-17-21-32(45-2)22-18-30)46-26-34-33(41)25-35(47-34)39-23-9-10-24-40(37(39)43)36(42)27-11-5-3-6-12-27/h3-22,33-35,41H,23-26H2,1-2H3/t33-,34+,35+/m0/s1. The van der Waals surface area contributed by atoms with Gasteiger partial charge < -0.3 is 24.1 Å². The highest BCUT2D eigenvalue weighted by atomic mass is 16.6. The maximum absolute atomic E-state index is 13.7. The number of imide groups is 1. The van der Waals surface area contributed by atoms with Crippen LogP contribution < -0.4 is 9.47 Å². The molecule has 9 nitrogen and oxygen atoms in total. The summed E-state index contributed by atoms with van der Waals surface area (Å²) in [5.41, 5.74) is 1.90. The van der Waals surface area contributed by atoms with Gasteiger partial charge in [0.05, 0.1) is 26.9 Å². The lowest BCUT2D eigenvalue weighted by Gasteiger charge is -2.37. The van der Waals surface area contributed by atoms with E-state index in [1.54, 1.807) is 44.6 Å². The molecular weight excluding hydrogens is 596 g/mol. The second-order valence-electron chi connectivity index (χ2n) is 11.4. The molecular formula is C38H38N2O7. The van der Waals surface area contributed by atoms with Crippen molar-refractivity contribution in [3.8, 4) is 11.5 Å². The zero-order chi connectivity index (χ0) is 32.8. The van der Waals surface area contributed by atoms with Gasteiger partial charge in [-0.3, -0.25) is 14.6 Å². The number of rotatable bonds is 10. The summed E-state index contributed by atoms with van der Waals surface area (Å²) in [6, 6.07) is 33.5. The van der Waals surface area contributed by atoms with E-state index in [4.69, 9.17) is 18.9 Å². The molecule has 6 rings (SSSR count). The van der Waals surface area contributed by atoms with Crippen LogP contribution in [0.1, 0.15) is 33.5 Å². The van der Waals surface area contributed by atoms with Crippen molar-refractivity contribution >= 4 is 11.9 Å². The Morgan fingerprint density at radius 2 is 1.32 bits per heavy atom. The third-order valence-electron chi connectivity index (χ3n) is 8.69. The Morgan fingerprint density at radius 1 is 0.787 bits per heavy atom. The van der Waals surface area contributed by atoms with Crippen molar-refractivity contribution in [3.63, 3.8) is 0 Å². The molecule has 0 saturated carbocycles. The minimum Gasteiger partial charge on any atom is -0.497 e. The first-order chi connectivity index (χ1) is 22.9. The van der Waals surface area contributed by atoms with Gasteiger partial charge in [0.1, 0.15) is 29.4 Å². The normalized spacial score (nSPS) is 19.8. The van der Waals surface area contributed by atoms with Crippen molar-refractivity contribution in [1.29, 1.82) is 0 Å². The Bertz CT molecular complexity index is 1630. The number of amides is 3. The van der Waals surface area contributed by atoms with Gasteiger partial charge in [-0.25, -0.2) is 4.79 Å². The molecule has 1 saturated heterocycles. The van der Waals surface area contributed by atoms with Gasteiger partial charge in [0, 0.05) is 25.1 Å². The maximum Gasteiger partial charge on any atom is 0.329 e. The highest BCUT2D eigenvalue weighted by Gasteiger charge is 2.44. The van der Waals surface area contributed by atoms with Crippen LogP contribution in [0.15, 0.2) is 121 Å². The average Bonchev–Trinajstić information content (AvgIpc) is 3.38. The summed E-state index contributed by atoms with van der Waals surface area (Å²) in [5.74, 6) is 1.02. The fourth-order valence-corrected chi connectivity index (χ4v) is 6.17. The van der Waals surface area contributed by atoms with E-state index < -0.39 is 36.0 Å². The molecule has 47 heavy (non-hydrogen) atoms. The van der Waals surface area contributed by atoms with Gasteiger partial charge in [0.15, 0.2) is 0 Å². The summed E-state index contributed by atoms with van der Waals surface area (Å²) < 4.78 is 24.2. The largest absolute Gasteiger partial charge is 0.497 e. The van der Waals surface area contributed by atoms with E-state index in [9.17, 15) is 14.7 Å². The summed E-state index contributed by atoms with van der Waals surface area (Å²) >= 11 is 0. The first kappa shape index (κ1) is 32.0. The van der Waals surface area contributed by atoms with Crippen molar-refractivity contribution in [3.05, 3.63) is 144 Å². The summed E-state index contributed by atoms with van der Waals surface area (Å²) in [6.45, 7) is 0.400.